The Labute approximate surface area is 115 Å². The largest absolute Gasteiger partial charge is 0.346 e. The van der Waals surface area contributed by atoms with Gasteiger partial charge in [-0.3, -0.25) is 4.79 Å². The Balaban J connectivity index is 1.68. The Kier molecular flexibility index (Phi) is 5.06. The van der Waals surface area contributed by atoms with Crippen LogP contribution in [0.15, 0.2) is 41.8 Å². The van der Waals surface area contributed by atoms with E-state index >= 15 is 0 Å². The molecule has 0 saturated heterocycles. The molecule has 0 unspecified atom stereocenters. The van der Waals surface area contributed by atoms with Crippen molar-refractivity contribution in [3.63, 3.8) is 0 Å². The minimum absolute atomic E-state index is 0.0979. The molecule has 0 radical (unpaired) electrons. The lowest BCUT2D eigenvalue weighted by molar-refractivity contribution is -0.668. The zero-order valence-electron chi connectivity index (χ0n) is 10.4. The predicted octanol–water partition coefficient (Wildman–Crippen LogP) is 1.38. The van der Waals surface area contributed by atoms with Gasteiger partial charge in [0.1, 0.15) is 12.4 Å². The third-order valence-electron chi connectivity index (χ3n) is 2.68. The SMILES string of the molecule is O=C(NCC[NH2+]Cc1cccs1)c1ccccc1F. The quantitative estimate of drug-likeness (QED) is 0.771. The maximum Gasteiger partial charge on any atom is 0.254 e. The van der Waals surface area contributed by atoms with Crippen LogP contribution in [0.4, 0.5) is 4.39 Å². The third kappa shape index (κ3) is 4.15. The Bertz CT molecular complexity index is 528. The summed E-state index contributed by atoms with van der Waals surface area (Å²) < 4.78 is 13.3. The minimum Gasteiger partial charge on any atom is -0.346 e. The number of benzene rings is 1. The van der Waals surface area contributed by atoms with Crippen LogP contribution < -0.4 is 10.6 Å². The van der Waals surface area contributed by atoms with Crippen molar-refractivity contribution in [2.24, 2.45) is 0 Å². The fourth-order valence-electron chi connectivity index (χ4n) is 1.70. The van der Waals surface area contributed by atoms with Gasteiger partial charge in [-0.2, -0.15) is 0 Å². The summed E-state index contributed by atoms with van der Waals surface area (Å²) in [5.41, 5.74) is 0.0979. The molecule has 0 saturated carbocycles. The van der Waals surface area contributed by atoms with Gasteiger partial charge in [-0.1, -0.05) is 18.2 Å². The van der Waals surface area contributed by atoms with Gasteiger partial charge in [0, 0.05) is 0 Å². The van der Waals surface area contributed by atoms with E-state index in [2.05, 4.69) is 16.7 Å². The molecule has 1 aromatic carbocycles. The number of rotatable bonds is 6. The molecule has 2 rings (SSSR count). The average molecular weight is 279 g/mol. The van der Waals surface area contributed by atoms with Gasteiger partial charge in [0.25, 0.3) is 5.91 Å². The molecule has 1 heterocycles. The first-order valence-electron chi connectivity index (χ1n) is 6.14. The van der Waals surface area contributed by atoms with Crippen molar-refractivity contribution in [3.8, 4) is 0 Å². The van der Waals surface area contributed by atoms with Gasteiger partial charge in [0.2, 0.25) is 0 Å². The normalized spacial score (nSPS) is 10.4. The summed E-state index contributed by atoms with van der Waals surface area (Å²) in [7, 11) is 0. The summed E-state index contributed by atoms with van der Waals surface area (Å²) in [5, 5.41) is 6.88. The second-order valence-corrected chi connectivity index (χ2v) is 5.13. The fraction of sp³-hybridized carbons (Fsp3) is 0.214. The smallest absolute Gasteiger partial charge is 0.254 e. The number of amides is 1. The van der Waals surface area contributed by atoms with E-state index in [0.29, 0.717) is 6.54 Å². The highest BCUT2D eigenvalue weighted by molar-refractivity contribution is 7.09. The number of carbonyl (C=O) groups excluding carboxylic acids is 1. The number of hydrogen-bond acceptors (Lipinski definition) is 2. The molecule has 19 heavy (non-hydrogen) atoms. The van der Waals surface area contributed by atoms with Gasteiger partial charge >= 0.3 is 0 Å². The van der Waals surface area contributed by atoms with E-state index in [-0.39, 0.29) is 11.5 Å². The Morgan fingerprint density at radius 2 is 2.11 bits per heavy atom. The van der Waals surface area contributed by atoms with Gasteiger partial charge < -0.3 is 10.6 Å². The zero-order valence-corrected chi connectivity index (χ0v) is 11.3. The number of hydrogen-bond donors (Lipinski definition) is 2. The first-order chi connectivity index (χ1) is 9.27. The van der Waals surface area contributed by atoms with Crippen LogP contribution in [0.3, 0.4) is 0 Å². The second kappa shape index (κ2) is 7.01. The number of halogens is 1. The van der Waals surface area contributed by atoms with E-state index in [9.17, 15) is 9.18 Å². The van der Waals surface area contributed by atoms with Crippen LogP contribution in [0.5, 0.6) is 0 Å². The van der Waals surface area contributed by atoms with Crippen molar-refractivity contribution in [1.29, 1.82) is 0 Å². The highest BCUT2D eigenvalue weighted by atomic mass is 32.1. The van der Waals surface area contributed by atoms with Crippen LogP contribution in [-0.4, -0.2) is 19.0 Å². The van der Waals surface area contributed by atoms with Crippen molar-refractivity contribution in [2.45, 2.75) is 6.54 Å². The first-order valence-corrected chi connectivity index (χ1v) is 7.02. The molecule has 3 N–H and O–H groups in total. The summed E-state index contributed by atoms with van der Waals surface area (Å²) in [5.74, 6) is -0.842. The number of thiophene rings is 1. The highest BCUT2D eigenvalue weighted by Gasteiger charge is 2.09. The maximum absolute atomic E-state index is 13.3. The number of quaternary nitrogens is 1. The number of carbonyl (C=O) groups is 1. The molecule has 0 aliphatic heterocycles. The lowest BCUT2D eigenvalue weighted by Crippen LogP contribution is -2.84. The standard InChI is InChI=1S/C14H15FN2OS/c15-13-6-2-1-5-12(13)14(18)17-8-7-16-10-11-4-3-9-19-11/h1-6,9,16H,7-8,10H2,(H,17,18)/p+1. The van der Waals surface area contributed by atoms with E-state index in [1.807, 2.05) is 11.4 Å². The summed E-state index contributed by atoms with van der Waals surface area (Å²) in [6.07, 6.45) is 0. The van der Waals surface area contributed by atoms with Crippen LogP contribution in [0.25, 0.3) is 0 Å². The summed E-state index contributed by atoms with van der Waals surface area (Å²) in [4.78, 5) is 13.0. The second-order valence-electron chi connectivity index (χ2n) is 4.10. The van der Waals surface area contributed by atoms with Crippen molar-refractivity contribution in [1.82, 2.24) is 5.32 Å². The van der Waals surface area contributed by atoms with Crippen molar-refractivity contribution >= 4 is 17.2 Å². The lowest BCUT2D eigenvalue weighted by atomic mass is 10.2. The minimum atomic E-state index is -0.484. The highest BCUT2D eigenvalue weighted by Crippen LogP contribution is 2.06. The van der Waals surface area contributed by atoms with Gasteiger partial charge in [-0.25, -0.2) is 4.39 Å². The van der Waals surface area contributed by atoms with E-state index in [1.54, 1.807) is 23.5 Å². The molecule has 1 aromatic heterocycles. The van der Waals surface area contributed by atoms with Crippen molar-refractivity contribution in [3.05, 3.63) is 58.0 Å². The fourth-order valence-corrected chi connectivity index (χ4v) is 2.40. The topological polar surface area (TPSA) is 45.7 Å². The molecular formula is C14H16FN2OS+. The monoisotopic (exact) mass is 279 g/mol. The van der Waals surface area contributed by atoms with Crippen LogP contribution in [0, 0.1) is 5.82 Å². The van der Waals surface area contributed by atoms with Crippen molar-refractivity contribution < 1.29 is 14.5 Å². The molecule has 100 valence electrons. The molecule has 0 bridgehead atoms. The summed E-state index contributed by atoms with van der Waals surface area (Å²) in [6.45, 7) is 2.21. The number of nitrogens with one attached hydrogen (secondary N) is 1. The maximum atomic E-state index is 13.3. The molecule has 0 fully saturated rings. The van der Waals surface area contributed by atoms with Crippen LogP contribution in [0.2, 0.25) is 0 Å². The van der Waals surface area contributed by atoms with Gasteiger partial charge in [-0.05, 0) is 23.6 Å². The van der Waals surface area contributed by atoms with Gasteiger partial charge in [-0.15, -0.1) is 11.3 Å². The molecular weight excluding hydrogens is 263 g/mol. The van der Waals surface area contributed by atoms with Crippen LogP contribution in [0.1, 0.15) is 15.2 Å². The van der Waals surface area contributed by atoms with Gasteiger partial charge in [0.15, 0.2) is 0 Å². The zero-order chi connectivity index (χ0) is 13.5. The molecule has 5 heteroatoms. The van der Waals surface area contributed by atoms with E-state index in [0.717, 1.165) is 13.1 Å². The molecule has 0 aliphatic carbocycles. The molecule has 0 aliphatic rings. The molecule has 2 aromatic rings. The number of nitrogens with two attached hydrogens (primary N) is 1. The summed E-state index contributed by atoms with van der Waals surface area (Å²) in [6, 6.07) is 10.1. The molecule has 0 atom stereocenters. The predicted molar refractivity (Wildman–Crippen MR) is 73.5 cm³/mol. The van der Waals surface area contributed by atoms with Crippen LogP contribution in [-0.2, 0) is 6.54 Å². The summed E-state index contributed by atoms with van der Waals surface area (Å²) >= 11 is 1.72. The van der Waals surface area contributed by atoms with Crippen molar-refractivity contribution in [2.75, 3.05) is 13.1 Å². The van der Waals surface area contributed by atoms with E-state index in [1.165, 1.54) is 17.0 Å². The molecule has 3 nitrogen and oxygen atoms in total. The van der Waals surface area contributed by atoms with E-state index < -0.39 is 5.82 Å². The van der Waals surface area contributed by atoms with E-state index in [4.69, 9.17) is 0 Å². The molecule has 1 amide bonds. The average Bonchev–Trinajstić information content (AvgIpc) is 2.92. The Morgan fingerprint density at radius 3 is 2.84 bits per heavy atom. The first kappa shape index (κ1) is 13.7. The third-order valence-corrected chi connectivity index (χ3v) is 3.58. The van der Waals surface area contributed by atoms with Crippen LogP contribution >= 0.6 is 11.3 Å². The van der Waals surface area contributed by atoms with Gasteiger partial charge in [0.05, 0.1) is 23.5 Å². The molecule has 0 spiro atoms. The Hall–Kier alpha value is -1.72. The Morgan fingerprint density at radius 1 is 1.26 bits per heavy atom. The lowest BCUT2D eigenvalue weighted by Gasteiger charge is -2.05.